The molecule has 0 unspecified atom stereocenters. The maximum Gasteiger partial charge on any atom is 0.274 e. The zero-order chi connectivity index (χ0) is 18.2. The third kappa shape index (κ3) is 5.10. The van der Waals surface area contributed by atoms with E-state index in [2.05, 4.69) is 29.0 Å². The normalized spacial score (nSPS) is 10.4. The van der Waals surface area contributed by atoms with Gasteiger partial charge in [0.05, 0.1) is 24.0 Å². The lowest BCUT2D eigenvalue weighted by Gasteiger charge is -2.23. The number of rotatable bonds is 8. The number of halogens is 1. The molecule has 1 heterocycles. The molecule has 1 amide bonds. The summed E-state index contributed by atoms with van der Waals surface area (Å²) in [5, 5.41) is 3.24. The molecular formula is C19H24ClN3O2. The lowest BCUT2D eigenvalue weighted by molar-refractivity contribution is 0.102. The average molecular weight is 362 g/mol. The fourth-order valence-electron chi connectivity index (χ4n) is 2.56. The number of hydrogen-bond donors (Lipinski definition) is 1. The largest absolute Gasteiger partial charge is 0.495 e. The number of nitrogens with one attached hydrogen (secondary N) is 1. The number of anilines is 2. The highest BCUT2D eigenvalue weighted by atomic mass is 35.5. The smallest absolute Gasteiger partial charge is 0.274 e. The van der Waals surface area contributed by atoms with Gasteiger partial charge in [-0.3, -0.25) is 4.79 Å². The van der Waals surface area contributed by atoms with Crippen LogP contribution in [-0.4, -0.2) is 31.1 Å². The van der Waals surface area contributed by atoms with Crippen LogP contribution in [0.4, 0.5) is 11.4 Å². The first kappa shape index (κ1) is 19.1. The molecule has 6 heteroatoms. The summed E-state index contributed by atoms with van der Waals surface area (Å²) in [6, 6.07) is 8.78. The van der Waals surface area contributed by atoms with Crippen LogP contribution in [0.25, 0.3) is 0 Å². The van der Waals surface area contributed by atoms with Crippen molar-refractivity contribution in [3.63, 3.8) is 0 Å². The van der Waals surface area contributed by atoms with Gasteiger partial charge in [-0.2, -0.15) is 0 Å². The highest BCUT2D eigenvalue weighted by molar-refractivity contribution is 6.32. The number of hydrogen-bond acceptors (Lipinski definition) is 4. The molecular weight excluding hydrogens is 338 g/mol. The molecule has 0 aliphatic heterocycles. The second-order valence-electron chi connectivity index (χ2n) is 5.69. The van der Waals surface area contributed by atoms with Crippen molar-refractivity contribution in [2.75, 3.05) is 30.4 Å². The van der Waals surface area contributed by atoms with Crippen LogP contribution in [0.5, 0.6) is 5.75 Å². The summed E-state index contributed by atoms with van der Waals surface area (Å²) in [7, 11) is 1.55. The standard InChI is InChI=1S/C19H24ClN3O2/c1-4-10-23(11-5-2)15-7-8-17(21-13-15)19(24)22-14-6-9-18(25-3)16(20)12-14/h6-9,12-13H,4-5,10-11H2,1-3H3,(H,22,24). The van der Waals surface area contributed by atoms with E-state index in [-0.39, 0.29) is 5.91 Å². The molecule has 0 spiro atoms. The highest BCUT2D eigenvalue weighted by Crippen LogP contribution is 2.27. The van der Waals surface area contributed by atoms with E-state index < -0.39 is 0 Å². The Kier molecular flexibility index (Phi) is 7.07. The van der Waals surface area contributed by atoms with Crippen molar-refractivity contribution in [1.82, 2.24) is 4.98 Å². The maximum absolute atomic E-state index is 12.4. The molecule has 134 valence electrons. The Bertz CT molecular complexity index is 698. The second kappa shape index (κ2) is 9.28. The van der Waals surface area contributed by atoms with Gasteiger partial charge < -0.3 is 15.0 Å². The van der Waals surface area contributed by atoms with Gasteiger partial charge in [-0.05, 0) is 43.2 Å². The molecule has 1 aromatic carbocycles. The van der Waals surface area contributed by atoms with Crippen molar-refractivity contribution in [3.05, 3.63) is 47.2 Å². The fourth-order valence-corrected chi connectivity index (χ4v) is 2.81. The van der Waals surface area contributed by atoms with Gasteiger partial charge in [-0.25, -0.2) is 4.98 Å². The molecule has 0 fully saturated rings. The van der Waals surface area contributed by atoms with Gasteiger partial charge in [-0.1, -0.05) is 25.4 Å². The van der Waals surface area contributed by atoms with Gasteiger partial charge in [0.2, 0.25) is 0 Å². The molecule has 0 radical (unpaired) electrons. The summed E-state index contributed by atoms with van der Waals surface area (Å²) < 4.78 is 5.10. The predicted molar refractivity (Wildman–Crippen MR) is 103 cm³/mol. The summed E-state index contributed by atoms with van der Waals surface area (Å²) in [5.41, 5.74) is 2.00. The first-order chi connectivity index (χ1) is 12.1. The molecule has 0 saturated heterocycles. The van der Waals surface area contributed by atoms with Crippen LogP contribution in [-0.2, 0) is 0 Å². The Morgan fingerprint density at radius 3 is 2.44 bits per heavy atom. The van der Waals surface area contributed by atoms with Crippen LogP contribution in [0.2, 0.25) is 5.02 Å². The Morgan fingerprint density at radius 1 is 1.20 bits per heavy atom. The molecule has 0 aliphatic rings. The molecule has 2 rings (SSSR count). The minimum Gasteiger partial charge on any atom is -0.495 e. The van der Waals surface area contributed by atoms with Crippen molar-refractivity contribution < 1.29 is 9.53 Å². The van der Waals surface area contributed by atoms with E-state index >= 15 is 0 Å². The Labute approximate surface area is 154 Å². The van der Waals surface area contributed by atoms with Gasteiger partial charge in [0, 0.05) is 18.8 Å². The topological polar surface area (TPSA) is 54.5 Å². The van der Waals surface area contributed by atoms with E-state index in [1.165, 1.54) is 0 Å². The number of pyridine rings is 1. The van der Waals surface area contributed by atoms with Gasteiger partial charge in [0.25, 0.3) is 5.91 Å². The maximum atomic E-state index is 12.4. The van der Waals surface area contributed by atoms with Gasteiger partial charge >= 0.3 is 0 Å². The van der Waals surface area contributed by atoms with Crippen molar-refractivity contribution in [2.45, 2.75) is 26.7 Å². The van der Waals surface area contributed by atoms with Crippen molar-refractivity contribution >= 4 is 28.9 Å². The summed E-state index contributed by atoms with van der Waals surface area (Å²) >= 11 is 6.08. The van der Waals surface area contributed by atoms with Crippen LogP contribution in [0.3, 0.4) is 0 Å². The third-order valence-electron chi connectivity index (χ3n) is 3.74. The highest BCUT2D eigenvalue weighted by Gasteiger charge is 2.11. The summed E-state index contributed by atoms with van der Waals surface area (Å²) in [4.78, 5) is 18.9. The number of carbonyl (C=O) groups excluding carboxylic acids is 1. The molecule has 0 saturated carbocycles. The van der Waals surface area contributed by atoms with Gasteiger partial charge in [-0.15, -0.1) is 0 Å². The van der Waals surface area contributed by atoms with E-state index in [4.69, 9.17) is 16.3 Å². The summed E-state index contributed by atoms with van der Waals surface area (Å²) in [5.74, 6) is 0.291. The minimum absolute atomic E-state index is 0.273. The average Bonchev–Trinajstić information content (AvgIpc) is 2.62. The Balaban J connectivity index is 2.08. The first-order valence-electron chi connectivity index (χ1n) is 8.44. The van der Waals surface area contributed by atoms with Crippen LogP contribution < -0.4 is 15.0 Å². The molecule has 1 N–H and O–H groups in total. The molecule has 25 heavy (non-hydrogen) atoms. The van der Waals surface area contributed by atoms with E-state index in [1.54, 1.807) is 37.6 Å². The Morgan fingerprint density at radius 2 is 1.92 bits per heavy atom. The number of aromatic nitrogens is 1. The molecule has 0 aliphatic carbocycles. The molecule has 2 aromatic rings. The predicted octanol–water partition coefficient (Wildman–Crippen LogP) is 4.62. The lowest BCUT2D eigenvalue weighted by atomic mass is 10.2. The first-order valence-corrected chi connectivity index (χ1v) is 8.82. The molecule has 5 nitrogen and oxygen atoms in total. The molecule has 0 atom stereocenters. The molecule has 1 aromatic heterocycles. The summed E-state index contributed by atoms with van der Waals surface area (Å²) in [6.45, 7) is 6.26. The van der Waals surface area contributed by atoms with Gasteiger partial charge in [0.1, 0.15) is 11.4 Å². The van der Waals surface area contributed by atoms with Crippen molar-refractivity contribution in [2.24, 2.45) is 0 Å². The zero-order valence-corrected chi connectivity index (χ0v) is 15.6. The number of methoxy groups -OCH3 is 1. The van der Waals surface area contributed by atoms with Crippen molar-refractivity contribution in [3.8, 4) is 5.75 Å². The second-order valence-corrected chi connectivity index (χ2v) is 6.10. The number of carbonyl (C=O) groups is 1. The number of nitrogens with zero attached hydrogens (tertiary/aromatic N) is 2. The van der Waals surface area contributed by atoms with Crippen LogP contribution in [0, 0.1) is 0 Å². The SMILES string of the molecule is CCCN(CCC)c1ccc(C(=O)Nc2ccc(OC)c(Cl)c2)nc1. The quantitative estimate of drug-likeness (QED) is 0.745. The van der Waals surface area contributed by atoms with E-state index in [9.17, 15) is 4.79 Å². The molecule has 0 bridgehead atoms. The van der Waals surface area contributed by atoms with E-state index in [0.29, 0.717) is 22.2 Å². The number of amides is 1. The lowest BCUT2D eigenvalue weighted by Crippen LogP contribution is -2.25. The zero-order valence-electron chi connectivity index (χ0n) is 14.9. The minimum atomic E-state index is -0.273. The third-order valence-corrected chi connectivity index (χ3v) is 4.04. The van der Waals surface area contributed by atoms with E-state index in [1.807, 2.05) is 6.07 Å². The van der Waals surface area contributed by atoms with E-state index in [0.717, 1.165) is 31.6 Å². The fraction of sp³-hybridized carbons (Fsp3) is 0.368. The monoisotopic (exact) mass is 361 g/mol. The van der Waals surface area contributed by atoms with Crippen LogP contribution in [0.1, 0.15) is 37.2 Å². The van der Waals surface area contributed by atoms with Crippen LogP contribution >= 0.6 is 11.6 Å². The van der Waals surface area contributed by atoms with Crippen molar-refractivity contribution in [1.29, 1.82) is 0 Å². The number of benzene rings is 1. The Hall–Kier alpha value is -2.27. The number of ether oxygens (including phenoxy) is 1. The summed E-state index contributed by atoms with van der Waals surface area (Å²) in [6.07, 6.45) is 3.89. The van der Waals surface area contributed by atoms with Crippen LogP contribution in [0.15, 0.2) is 36.5 Å². The van der Waals surface area contributed by atoms with Gasteiger partial charge in [0.15, 0.2) is 0 Å².